The fraction of sp³-hybridized carbons (Fsp3) is 0.900. The molecule has 0 bridgehead atoms. The highest BCUT2D eigenvalue weighted by Gasteiger charge is 2.14. The molecule has 2 unspecified atom stereocenters. The molecular weight excluding hydrogens is 150 g/mol. The van der Waals surface area contributed by atoms with Gasteiger partial charge < -0.3 is 4.74 Å². The van der Waals surface area contributed by atoms with Gasteiger partial charge in [-0.2, -0.15) is 0 Å². The third-order valence-electron chi connectivity index (χ3n) is 2.49. The van der Waals surface area contributed by atoms with Crippen LogP contribution >= 0.6 is 0 Å². The maximum Gasteiger partial charge on any atom is 0.179 e. The largest absolute Gasteiger partial charge is 0.484 e. The number of hydrogen-bond donors (Lipinski definition) is 0. The van der Waals surface area contributed by atoms with Gasteiger partial charge in [0.25, 0.3) is 0 Å². The minimum Gasteiger partial charge on any atom is -0.484 e. The minimum absolute atomic E-state index is 0.352. The third-order valence-corrected chi connectivity index (χ3v) is 2.49. The summed E-state index contributed by atoms with van der Waals surface area (Å²) in [5.41, 5.74) is 0. The summed E-state index contributed by atoms with van der Waals surface area (Å²) < 4.78 is 5.00. The first-order valence-electron chi connectivity index (χ1n) is 4.57. The predicted octanol–water partition coefficient (Wildman–Crippen LogP) is 2.73. The van der Waals surface area contributed by atoms with Crippen molar-refractivity contribution < 1.29 is 4.74 Å². The van der Waals surface area contributed by atoms with Gasteiger partial charge in [0.1, 0.15) is 0 Å². The number of nitrogens with zero attached hydrogens (tertiary/aromatic N) is 1. The molecule has 2 heteroatoms. The highest BCUT2D eigenvalue weighted by Crippen LogP contribution is 2.16. The first-order chi connectivity index (χ1) is 5.49. The van der Waals surface area contributed by atoms with Crippen molar-refractivity contribution >= 4 is 5.90 Å². The molecule has 0 saturated carbocycles. The number of ether oxygens (including phenoxy) is 1. The Labute approximate surface area is 76.0 Å². The van der Waals surface area contributed by atoms with Crippen molar-refractivity contribution in [2.24, 2.45) is 16.8 Å². The normalized spacial score (nSPS) is 17.8. The van der Waals surface area contributed by atoms with Gasteiger partial charge in [-0.3, -0.25) is 4.99 Å². The molecule has 0 N–H and O–H groups in total. The fourth-order valence-electron chi connectivity index (χ4n) is 1.01. The Morgan fingerprint density at radius 1 is 1.17 bits per heavy atom. The zero-order valence-electron chi connectivity index (χ0n) is 9.09. The summed E-state index contributed by atoms with van der Waals surface area (Å²) in [6, 6.07) is 0.352. The van der Waals surface area contributed by atoms with Gasteiger partial charge >= 0.3 is 0 Å². The van der Waals surface area contributed by atoms with Gasteiger partial charge in [-0.05, 0) is 18.8 Å². The molecule has 72 valence electrons. The Bertz CT molecular complexity index is 152. The van der Waals surface area contributed by atoms with Gasteiger partial charge in [0.05, 0.1) is 13.2 Å². The summed E-state index contributed by atoms with van der Waals surface area (Å²) in [6.07, 6.45) is 0. The molecule has 0 amide bonds. The molecule has 12 heavy (non-hydrogen) atoms. The molecule has 0 aliphatic heterocycles. The van der Waals surface area contributed by atoms with Crippen molar-refractivity contribution in [3.05, 3.63) is 0 Å². The summed E-state index contributed by atoms with van der Waals surface area (Å²) in [5, 5.41) is 0. The van der Waals surface area contributed by atoms with Crippen LogP contribution in [0.2, 0.25) is 0 Å². The minimum atomic E-state index is 0.352. The molecule has 2 nitrogen and oxygen atoms in total. The standard InChI is InChI=1S/C10H21NO/c1-7(2)8(3)9(4)11-10(5)12-6/h7-9H,1-6H3. The molecule has 0 fully saturated rings. The van der Waals surface area contributed by atoms with Crippen LogP contribution in [0.4, 0.5) is 0 Å². The highest BCUT2D eigenvalue weighted by atomic mass is 16.5. The van der Waals surface area contributed by atoms with E-state index in [-0.39, 0.29) is 0 Å². The summed E-state index contributed by atoms with van der Waals surface area (Å²) in [6.45, 7) is 10.7. The zero-order valence-corrected chi connectivity index (χ0v) is 9.09. The van der Waals surface area contributed by atoms with E-state index in [4.69, 9.17) is 4.74 Å². The number of methoxy groups -OCH3 is 1. The quantitative estimate of drug-likeness (QED) is 0.472. The van der Waals surface area contributed by atoms with Crippen LogP contribution in [0.3, 0.4) is 0 Å². The Morgan fingerprint density at radius 2 is 1.67 bits per heavy atom. The van der Waals surface area contributed by atoms with Gasteiger partial charge in [0.15, 0.2) is 5.90 Å². The Balaban J connectivity index is 4.11. The van der Waals surface area contributed by atoms with Crippen LogP contribution in [0.15, 0.2) is 4.99 Å². The zero-order chi connectivity index (χ0) is 9.72. The Kier molecular flexibility index (Phi) is 4.95. The van der Waals surface area contributed by atoms with E-state index in [2.05, 4.69) is 32.7 Å². The van der Waals surface area contributed by atoms with E-state index < -0.39 is 0 Å². The van der Waals surface area contributed by atoms with Gasteiger partial charge in [-0.15, -0.1) is 0 Å². The van der Waals surface area contributed by atoms with Gasteiger partial charge in [0, 0.05) is 6.92 Å². The molecule has 0 aliphatic rings. The van der Waals surface area contributed by atoms with E-state index in [1.54, 1.807) is 7.11 Å². The topological polar surface area (TPSA) is 21.6 Å². The molecule has 0 aromatic rings. The van der Waals surface area contributed by atoms with Gasteiger partial charge in [-0.25, -0.2) is 0 Å². The van der Waals surface area contributed by atoms with Gasteiger partial charge in [-0.1, -0.05) is 20.8 Å². The first-order valence-corrected chi connectivity index (χ1v) is 4.57. The molecule has 0 aromatic carbocycles. The summed E-state index contributed by atoms with van der Waals surface area (Å²) in [7, 11) is 1.66. The van der Waals surface area contributed by atoms with Crippen LogP contribution in [0.1, 0.15) is 34.6 Å². The van der Waals surface area contributed by atoms with Crippen LogP contribution in [0, 0.1) is 11.8 Å². The average molecular weight is 171 g/mol. The SMILES string of the molecule is COC(C)=NC(C)C(C)C(C)C. The summed E-state index contributed by atoms with van der Waals surface area (Å²) >= 11 is 0. The molecule has 0 radical (unpaired) electrons. The monoisotopic (exact) mass is 171 g/mol. The molecule has 0 rings (SSSR count). The molecule has 2 atom stereocenters. The second-order valence-corrected chi connectivity index (χ2v) is 3.70. The predicted molar refractivity (Wildman–Crippen MR) is 53.6 cm³/mol. The van der Waals surface area contributed by atoms with E-state index in [9.17, 15) is 0 Å². The van der Waals surface area contributed by atoms with Crippen LogP contribution in [-0.4, -0.2) is 19.0 Å². The molecule has 0 aromatic heterocycles. The maximum absolute atomic E-state index is 5.00. The van der Waals surface area contributed by atoms with Crippen molar-refractivity contribution in [1.82, 2.24) is 0 Å². The fourth-order valence-corrected chi connectivity index (χ4v) is 1.01. The lowest BCUT2D eigenvalue weighted by Crippen LogP contribution is -2.19. The van der Waals surface area contributed by atoms with Crippen molar-refractivity contribution in [2.75, 3.05) is 7.11 Å². The number of rotatable bonds is 3. The first kappa shape index (κ1) is 11.5. The number of hydrogen-bond acceptors (Lipinski definition) is 2. The molecule has 0 spiro atoms. The van der Waals surface area contributed by atoms with Gasteiger partial charge in [0.2, 0.25) is 0 Å². The van der Waals surface area contributed by atoms with E-state index in [0.717, 1.165) is 5.90 Å². The smallest absolute Gasteiger partial charge is 0.179 e. The molecular formula is C10H21NO. The lowest BCUT2D eigenvalue weighted by Gasteiger charge is -2.20. The third kappa shape index (κ3) is 3.74. The molecule has 0 aliphatic carbocycles. The van der Waals surface area contributed by atoms with Crippen molar-refractivity contribution in [2.45, 2.75) is 40.7 Å². The van der Waals surface area contributed by atoms with Crippen molar-refractivity contribution in [3.63, 3.8) is 0 Å². The second kappa shape index (κ2) is 5.18. The van der Waals surface area contributed by atoms with E-state index >= 15 is 0 Å². The molecule has 0 saturated heterocycles. The highest BCUT2D eigenvalue weighted by molar-refractivity contribution is 5.73. The van der Waals surface area contributed by atoms with Crippen molar-refractivity contribution in [1.29, 1.82) is 0 Å². The second-order valence-electron chi connectivity index (χ2n) is 3.70. The molecule has 0 heterocycles. The van der Waals surface area contributed by atoms with Crippen LogP contribution < -0.4 is 0 Å². The number of aliphatic imine (C=N–C) groups is 1. The van der Waals surface area contributed by atoms with E-state index in [1.165, 1.54) is 0 Å². The van der Waals surface area contributed by atoms with E-state index in [1.807, 2.05) is 6.92 Å². The van der Waals surface area contributed by atoms with Crippen LogP contribution in [0.5, 0.6) is 0 Å². The van der Waals surface area contributed by atoms with Crippen molar-refractivity contribution in [3.8, 4) is 0 Å². The maximum atomic E-state index is 5.00. The lowest BCUT2D eigenvalue weighted by molar-refractivity contribution is 0.346. The summed E-state index contributed by atoms with van der Waals surface area (Å²) in [4.78, 5) is 4.41. The van der Waals surface area contributed by atoms with Crippen LogP contribution in [0.25, 0.3) is 0 Å². The summed E-state index contributed by atoms with van der Waals surface area (Å²) in [5.74, 6) is 2.05. The lowest BCUT2D eigenvalue weighted by atomic mass is 9.92. The Hall–Kier alpha value is -0.530. The van der Waals surface area contributed by atoms with Crippen LogP contribution in [-0.2, 0) is 4.74 Å². The average Bonchev–Trinajstić information content (AvgIpc) is 2.02. The Morgan fingerprint density at radius 3 is 2.00 bits per heavy atom. The van der Waals surface area contributed by atoms with E-state index in [0.29, 0.717) is 17.9 Å².